The van der Waals surface area contributed by atoms with Gasteiger partial charge in [0.1, 0.15) is 11.8 Å². The topological polar surface area (TPSA) is 61.4 Å². The van der Waals surface area contributed by atoms with Gasteiger partial charge in [0.05, 0.1) is 0 Å². The van der Waals surface area contributed by atoms with Crippen molar-refractivity contribution in [3.8, 4) is 5.75 Å². The van der Waals surface area contributed by atoms with E-state index < -0.39 is 0 Å². The molecule has 0 radical (unpaired) electrons. The Kier molecular flexibility index (Phi) is 2.83. The summed E-state index contributed by atoms with van der Waals surface area (Å²) in [5, 5.41) is 15.2. The largest absolute Gasteiger partial charge is 0.508 e. The van der Waals surface area contributed by atoms with Crippen LogP contribution in [0, 0.1) is 0 Å². The van der Waals surface area contributed by atoms with Gasteiger partial charge in [-0.3, -0.25) is 4.79 Å². The zero-order valence-electron chi connectivity index (χ0n) is 10.3. The number of carbonyl (C=O) groups is 1. The molecule has 1 aliphatic rings. The number of para-hydroxylation sites is 1. The summed E-state index contributed by atoms with van der Waals surface area (Å²) in [7, 11) is 0. The van der Waals surface area contributed by atoms with Gasteiger partial charge < -0.3 is 15.7 Å². The number of hydrogen-bond acceptors (Lipinski definition) is 3. The molecule has 96 valence electrons. The quantitative estimate of drug-likeness (QED) is 0.721. The fourth-order valence-electron chi connectivity index (χ4n) is 2.23. The third kappa shape index (κ3) is 2.38. The van der Waals surface area contributed by atoms with Crippen LogP contribution in [0.4, 0.5) is 11.4 Å². The van der Waals surface area contributed by atoms with Crippen molar-refractivity contribution in [1.29, 1.82) is 0 Å². The average Bonchev–Trinajstić information content (AvgIpc) is 2.85. The second-order valence-electron chi connectivity index (χ2n) is 4.59. The molecule has 0 saturated heterocycles. The molecule has 4 heteroatoms. The van der Waals surface area contributed by atoms with E-state index in [0.29, 0.717) is 12.1 Å². The van der Waals surface area contributed by atoms with E-state index in [1.165, 1.54) is 0 Å². The van der Waals surface area contributed by atoms with Gasteiger partial charge in [0.15, 0.2) is 0 Å². The minimum absolute atomic E-state index is 0.0677. The van der Waals surface area contributed by atoms with Gasteiger partial charge in [-0.1, -0.05) is 18.2 Å². The maximum Gasteiger partial charge on any atom is 0.247 e. The molecule has 4 nitrogen and oxygen atoms in total. The lowest BCUT2D eigenvalue weighted by Gasteiger charge is -2.12. The summed E-state index contributed by atoms with van der Waals surface area (Å²) in [5.41, 5.74) is 2.86. The van der Waals surface area contributed by atoms with Gasteiger partial charge in [-0.15, -0.1) is 0 Å². The van der Waals surface area contributed by atoms with Gasteiger partial charge in [0.25, 0.3) is 0 Å². The van der Waals surface area contributed by atoms with Crippen molar-refractivity contribution in [3.05, 3.63) is 54.1 Å². The van der Waals surface area contributed by atoms with Crippen molar-refractivity contribution < 1.29 is 9.90 Å². The molecule has 1 heterocycles. The number of nitrogens with one attached hydrogen (secondary N) is 2. The minimum Gasteiger partial charge on any atom is -0.508 e. The molecule has 19 heavy (non-hydrogen) atoms. The van der Waals surface area contributed by atoms with Crippen molar-refractivity contribution in [3.63, 3.8) is 0 Å². The molecule has 0 bridgehead atoms. The van der Waals surface area contributed by atoms with E-state index >= 15 is 0 Å². The molecule has 3 N–H and O–H groups in total. The van der Waals surface area contributed by atoms with Crippen molar-refractivity contribution in [2.45, 2.75) is 12.5 Å². The molecule has 3 rings (SSSR count). The van der Waals surface area contributed by atoms with Gasteiger partial charge in [-0.2, -0.15) is 0 Å². The lowest BCUT2D eigenvalue weighted by Crippen LogP contribution is -2.32. The number of carbonyl (C=O) groups excluding carboxylic acids is 1. The van der Waals surface area contributed by atoms with Gasteiger partial charge in [-0.25, -0.2) is 0 Å². The number of phenols is 1. The second-order valence-corrected chi connectivity index (χ2v) is 4.59. The molecule has 0 aliphatic carbocycles. The Labute approximate surface area is 111 Å². The Morgan fingerprint density at radius 2 is 1.89 bits per heavy atom. The molecular weight excluding hydrogens is 240 g/mol. The lowest BCUT2D eigenvalue weighted by molar-refractivity contribution is -0.116. The van der Waals surface area contributed by atoms with Crippen LogP contribution in [0.25, 0.3) is 0 Å². The summed E-state index contributed by atoms with van der Waals surface area (Å²) in [6, 6.07) is 14.1. The summed E-state index contributed by atoms with van der Waals surface area (Å²) in [6.45, 7) is 0. The number of fused-ring (bicyclic) bond motifs is 1. The highest BCUT2D eigenvalue weighted by Gasteiger charge is 2.26. The van der Waals surface area contributed by atoms with E-state index in [4.69, 9.17) is 0 Å². The predicted octanol–water partition coefficient (Wildman–Crippen LogP) is 2.37. The highest BCUT2D eigenvalue weighted by Crippen LogP contribution is 2.25. The first kappa shape index (κ1) is 11.6. The van der Waals surface area contributed by atoms with E-state index in [9.17, 15) is 9.90 Å². The molecule has 0 aromatic heterocycles. The fourth-order valence-corrected chi connectivity index (χ4v) is 2.23. The number of aromatic hydroxyl groups is 1. The molecule has 2 aromatic rings. The summed E-state index contributed by atoms with van der Waals surface area (Å²) < 4.78 is 0. The summed E-state index contributed by atoms with van der Waals surface area (Å²) in [4.78, 5) is 12.1. The SMILES string of the molecule is O=C(Nc1ccc(O)cc1)[C@@H]1Cc2ccccc2N1. The molecular formula is C15H14N2O2. The number of amides is 1. The first-order valence-electron chi connectivity index (χ1n) is 6.17. The minimum atomic E-state index is -0.244. The molecule has 1 atom stereocenters. The molecule has 1 amide bonds. The molecule has 0 unspecified atom stereocenters. The number of hydrogen-bond donors (Lipinski definition) is 3. The zero-order chi connectivity index (χ0) is 13.2. The van der Waals surface area contributed by atoms with Crippen LogP contribution in [-0.4, -0.2) is 17.1 Å². The van der Waals surface area contributed by atoms with E-state index in [1.807, 2.05) is 24.3 Å². The highest BCUT2D eigenvalue weighted by molar-refractivity contribution is 5.98. The number of anilines is 2. The number of rotatable bonds is 2. The maximum absolute atomic E-state index is 12.1. The maximum atomic E-state index is 12.1. The van der Waals surface area contributed by atoms with Crippen molar-refractivity contribution in [2.75, 3.05) is 10.6 Å². The summed E-state index contributed by atoms with van der Waals surface area (Å²) in [5.74, 6) is 0.117. The first-order chi connectivity index (χ1) is 9.22. The van der Waals surface area contributed by atoms with Crippen LogP contribution >= 0.6 is 0 Å². The average molecular weight is 254 g/mol. The second kappa shape index (κ2) is 4.65. The van der Waals surface area contributed by atoms with Crippen molar-refractivity contribution >= 4 is 17.3 Å². The third-order valence-electron chi connectivity index (χ3n) is 3.22. The monoisotopic (exact) mass is 254 g/mol. The van der Waals surface area contributed by atoms with Crippen LogP contribution in [0.3, 0.4) is 0 Å². The van der Waals surface area contributed by atoms with Crippen LogP contribution in [0.5, 0.6) is 5.75 Å². The molecule has 0 saturated carbocycles. The number of phenolic OH excluding ortho intramolecular Hbond substituents is 1. The van der Waals surface area contributed by atoms with Crippen LogP contribution in [0.1, 0.15) is 5.56 Å². The van der Waals surface area contributed by atoms with Gasteiger partial charge in [0, 0.05) is 17.8 Å². The smallest absolute Gasteiger partial charge is 0.247 e. The van der Waals surface area contributed by atoms with E-state index in [2.05, 4.69) is 10.6 Å². The van der Waals surface area contributed by atoms with Crippen molar-refractivity contribution in [1.82, 2.24) is 0 Å². The first-order valence-corrected chi connectivity index (χ1v) is 6.17. The van der Waals surface area contributed by atoms with Crippen molar-refractivity contribution in [2.24, 2.45) is 0 Å². The molecule has 0 spiro atoms. The Hall–Kier alpha value is -2.49. The third-order valence-corrected chi connectivity index (χ3v) is 3.22. The predicted molar refractivity (Wildman–Crippen MR) is 74.3 cm³/mol. The van der Waals surface area contributed by atoms with Crippen LogP contribution in [0.2, 0.25) is 0 Å². The van der Waals surface area contributed by atoms with Gasteiger partial charge in [0.2, 0.25) is 5.91 Å². The zero-order valence-corrected chi connectivity index (χ0v) is 10.3. The molecule has 1 aliphatic heterocycles. The summed E-state index contributed by atoms with van der Waals surface area (Å²) in [6.07, 6.45) is 0.695. The van der Waals surface area contributed by atoms with Gasteiger partial charge >= 0.3 is 0 Å². The van der Waals surface area contributed by atoms with E-state index in [1.54, 1.807) is 24.3 Å². The highest BCUT2D eigenvalue weighted by atomic mass is 16.3. The van der Waals surface area contributed by atoms with E-state index in [-0.39, 0.29) is 17.7 Å². The standard InChI is InChI=1S/C15H14N2O2/c18-12-7-5-11(6-8-12)16-15(19)14-9-10-3-1-2-4-13(10)17-14/h1-8,14,17-18H,9H2,(H,16,19)/t14-/m0/s1. The van der Waals surface area contributed by atoms with Crippen LogP contribution in [-0.2, 0) is 11.2 Å². The fraction of sp³-hybridized carbons (Fsp3) is 0.133. The number of benzene rings is 2. The Bertz CT molecular complexity index is 583. The Morgan fingerprint density at radius 1 is 1.16 bits per heavy atom. The molecule has 0 fully saturated rings. The normalized spacial score (nSPS) is 16.5. The van der Waals surface area contributed by atoms with Crippen LogP contribution < -0.4 is 10.6 Å². The van der Waals surface area contributed by atoms with E-state index in [0.717, 1.165) is 11.3 Å². The Balaban J connectivity index is 1.68. The Morgan fingerprint density at radius 3 is 2.63 bits per heavy atom. The van der Waals surface area contributed by atoms with Crippen LogP contribution in [0.15, 0.2) is 48.5 Å². The molecule has 2 aromatic carbocycles. The lowest BCUT2D eigenvalue weighted by atomic mass is 10.1. The van der Waals surface area contributed by atoms with Gasteiger partial charge in [-0.05, 0) is 35.9 Å². The summed E-state index contributed by atoms with van der Waals surface area (Å²) >= 11 is 0.